The van der Waals surface area contributed by atoms with E-state index in [4.69, 9.17) is 0 Å². The van der Waals surface area contributed by atoms with Crippen molar-refractivity contribution in [2.75, 3.05) is 12.1 Å². The highest BCUT2D eigenvalue weighted by atomic mass is 16.4. The number of hydrazone groups is 1. The van der Waals surface area contributed by atoms with Gasteiger partial charge < -0.3 is 10.2 Å². The van der Waals surface area contributed by atoms with Crippen LogP contribution in [-0.4, -0.2) is 29.4 Å². The van der Waals surface area contributed by atoms with Crippen molar-refractivity contribution in [3.63, 3.8) is 0 Å². The lowest BCUT2D eigenvalue weighted by Crippen LogP contribution is -2.36. The molecule has 0 aromatic heterocycles. The Morgan fingerprint density at radius 3 is 1.55 bits per heavy atom. The van der Waals surface area contributed by atoms with Crippen molar-refractivity contribution >= 4 is 17.9 Å². The van der Waals surface area contributed by atoms with Crippen molar-refractivity contribution in [1.29, 1.82) is 0 Å². The number of anilines is 1. The van der Waals surface area contributed by atoms with Crippen molar-refractivity contribution in [3.8, 4) is 0 Å². The van der Waals surface area contributed by atoms with E-state index in [9.17, 15) is 15.0 Å². The zero-order chi connectivity index (χ0) is 23.5. The van der Waals surface area contributed by atoms with Crippen molar-refractivity contribution in [2.24, 2.45) is 5.10 Å². The van der Waals surface area contributed by atoms with Gasteiger partial charge in [-0.3, -0.25) is 5.01 Å². The second kappa shape index (κ2) is 11.4. The maximum absolute atomic E-state index is 11.4. The normalized spacial score (nSPS) is 10.8. The molecule has 0 radical (unpaired) electrons. The molecule has 4 aromatic carbocycles. The number of rotatable bonds is 6. The second-order valence-corrected chi connectivity index (χ2v) is 7.26. The first-order valence-corrected chi connectivity index (χ1v) is 10.5. The zero-order valence-corrected chi connectivity index (χ0v) is 18.3. The number of carboxylic acids is 1. The van der Waals surface area contributed by atoms with E-state index in [2.05, 4.69) is 5.10 Å². The van der Waals surface area contributed by atoms with Crippen molar-refractivity contribution in [2.45, 2.75) is 5.60 Å². The fraction of sp³-hybridized carbons (Fsp3) is 0.0714. The summed E-state index contributed by atoms with van der Waals surface area (Å²) in [7, 11) is 1.94. The van der Waals surface area contributed by atoms with Crippen LogP contribution in [-0.2, 0) is 10.4 Å². The van der Waals surface area contributed by atoms with E-state index < -0.39 is 11.6 Å². The van der Waals surface area contributed by atoms with Crippen LogP contribution in [0.15, 0.2) is 126 Å². The number of aliphatic carboxylic acids is 1. The summed E-state index contributed by atoms with van der Waals surface area (Å²) < 4.78 is 0. The summed E-state index contributed by atoms with van der Waals surface area (Å²) in [6, 6.07) is 36.9. The van der Waals surface area contributed by atoms with Crippen LogP contribution in [0.4, 0.5) is 5.69 Å². The van der Waals surface area contributed by atoms with Gasteiger partial charge in [-0.15, -0.1) is 0 Å². The number of para-hydroxylation sites is 1. The monoisotopic (exact) mass is 438 g/mol. The molecule has 0 heterocycles. The lowest BCUT2D eigenvalue weighted by molar-refractivity contribution is -0.155. The van der Waals surface area contributed by atoms with Gasteiger partial charge in [-0.2, -0.15) is 5.10 Å². The number of nitrogens with zero attached hydrogens (tertiary/aromatic N) is 2. The molecule has 5 heteroatoms. The molecule has 2 N–H and O–H groups in total. The highest BCUT2D eigenvalue weighted by Crippen LogP contribution is 2.29. The third-order valence-electron chi connectivity index (χ3n) is 5.00. The molecule has 0 bridgehead atoms. The maximum atomic E-state index is 11.4. The number of aliphatic hydroxyl groups is 1. The standard InChI is InChI=1S/C14H14N2.C14H12O3/c1-16(14-10-6-3-7-11-14)15-12-13-8-4-2-5-9-13;15-13(16)14(17,11-7-3-1-4-8-11)12-9-5-2-6-10-12/h2-12H,1H3;1-10,17H,(H,15,16). The number of benzene rings is 4. The minimum Gasteiger partial charge on any atom is -0.479 e. The maximum Gasteiger partial charge on any atom is 0.345 e. The molecule has 4 rings (SSSR count). The molecule has 0 spiro atoms. The first-order valence-electron chi connectivity index (χ1n) is 10.5. The van der Waals surface area contributed by atoms with Gasteiger partial charge in [-0.05, 0) is 28.8 Å². The van der Waals surface area contributed by atoms with Gasteiger partial charge in [0.25, 0.3) is 0 Å². The first-order chi connectivity index (χ1) is 16.0. The molecule has 0 aliphatic rings. The Morgan fingerprint density at radius 2 is 1.12 bits per heavy atom. The summed E-state index contributed by atoms with van der Waals surface area (Å²) >= 11 is 0. The highest BCUT2D eigenvalue weighted by Gasteiger charge is 2.39. The molecule has 0 aliphatic heterocycles. The quantitative estimate of drug-likeness (QED) is 0.322. The average molecular weight is 439 g/mol. The third-order valence-corrected chi connectivity index (χ3v) is 5.00. The molecule has 5 nitrogen and oxygen atoms in total. The van der Waals surface area contributed by atoms with E-state index in [1.807, 2.05) is 78.9 Å². The van der Waals surface area contributed by atoms with Crippen LogP contribution >= 0.6 is 0 Å². The van der Waals surface area contributed by atoms with Crippen LogP contribution in [0, 0.1) is 0 Å². The molecule has 0 atom stereocenters. The Balaban J connectivity index is 0.000000186. The molecule has 0 unspecified atom stereocenters. The van der Waals surface area contributed by atoms with Gasteiger partial charge in [-0.25, -0.2) is 4.79 Å². The van der Waals surface area contributed by atoms with Crippen molar-refractivity contribution < 1.29 is 15.0 Å². The molecule has 0 amide bonds. The zero-order valence-electron chi connectivity index (χ0n) is 18.3. The second-order valence-electron chi connectivity index (χ2n) is 7.26. The van der Waals surface area contributed by atoms with Gasteiger partial charge in [-0.1, -0.05) is 109 Å². The van der Waals surface area contributed by atoms with E-state index in [0.717, 1.165) is 11.3 Å². The lowest BCUT2D eigenvalue weighted by Gasteiger charge is -2.24. The van der Waals surface area contributed by atoms with Gasteiger partial charge in [0.1, 0.15) is 0 Å². The summed E-state index contributed by atoms with van der Waals surface area (Å²) in [6.45, 7) is 0. The van der Waals surface area contributed by atoms with Gasteiger partial charge in [0.15, 0.2) is 0 Å². The molecule has 0 saturated heterocycles. The van der Waals surface area contributed by atoms with Crippen molar-refractivity contribution in [3.05, 3.63) is 138 Å². The Labute approximate surface area is 193 Å². The third kappa shape index (κ3) is 6.15. The summed E-state index contributed by atoms with van der Waals surface area (Å²) in [4.78, 5) is 11.4. The summed E-state index contributed by atoms with van der Waals surface area (Å²) in [5.41, 5.74) is 0.875. The number of carbonyl (C=O) groups is 1. The smallest absolute Gasteiger partial charge is 0.345 e. The van der Waals surface area contributed by atoms with E-state index in [1.165, 1.54) is 0 Å². The van der Waals surface area contributed by atoms with Crippen LogP contribution in [0.5, 0.6) is 0 Å². The molecule has 4 aromatic rings. The molecular formula is C28H26N2O3. The Morgan fingerprint density at radius 1 is 0.727 bits per heavy atom. The van der Waals surface area contributed by atoms with E-state index in [-0.39, 0.29) is 0 Å². The molecule has 166 valence electrons. The SMILES string of the molecule is CN(N=Cc1ccccc1)c1ccccc1.O=C(O)C(O)(c1ccccc1)c1ccccc1. The van der Waals surface area contributed by atoms with Crippen LogP contribution in [0.2, 0.25) is 0 Å². The van der Waals surface area contributed by atoms with Crippen LogP contribution in [0.1, 0.15) is 16.7 Å². The summed E-state index contributed by atoms with van der Waals surface area (Å²) in [5, 5.41) is 25.9. The molecule has 0 aliphatic carbocycles. The molecule has 0 fully saturated rings. The van der Waals surface area contributed by atoms with E-state index >= 15 is 0 Å². The van der Waals surface area contributed by atoms with E-state index in [1.54, 1.807) is 60.7 Å². The topological polar surface area (TPSA) is 73.1 Å². The molecular weight excluding hydrogens is 412 g/mol. The predicted molar refractivity (Wildman–Crippen MR) is 132 cm³/mol. The van der Waals surface area contributed by atoms with Gasteiger partial charge >= 0.3 is 5.97 Å². The average Bonchev–Trinajstić information content (AvgIpc) is 2.89. The number of hydrogen-bond acceptors (Lipinski definition) is 4. The van der Waals surface area contributed by atoms with Gasteiger partial charge in [0.2, 0.25) is 5.60 Å². The van der Waals surface area contributed by atoms with Gasteiger partial charge in [0, 0.05) is 7.05 Å². The summed E-state index contributed by atoms with van der Waals surface area (Å²) in [6.07, 6.45) is 1.85. The fourth-order valence-electron chi connectivity index (χ4n) is 3.18. The Kier molecular flexibility index (Phi) is 8.11. The van der Waals surface area contributed by atoms with Crippen molar-refractivity contribution in [1.82, 2.24) is 0 Å². The largest absolute Gasteiger partial charge is 0.479 e. The number of hydrogen-bond donors (Lipinski definition) is 2. The van der Waals surface area contributed by atoms with E-state index in [0.29, 0.717) is 11.1 Å². The molecule has 0 saturated carbocycles. The van der Waals surface area contributed by atoms with Crippen LogP contribution in [0.3, 0.4) is 0 Å². The van der Waals surface area contributed by atoms with Crippen LogP contribution < -0.4 is 5.01 Å². The summed E-state index contributed by atoms with van der Waals surface area (Å²) in [5.74, 6) is -1.28. The lowest BCUT2D eigenvalue weighted by atomic mass is 9.86. The minimum atomic E-state index is -2.00. The molecule has 33 heavy (non-hydrogen) atoms. The first kappa shape index (κ1) is 23.4. The van der Waals surface area contributed by atoms with Crippen LogP contribution in [0.25, 0.3) is 0 Å². The van der Waals surface area contributed by atoms with Gasteiger partial charge in [0.05, 0.1) is 11.9 Å². The highest BCUT2D eigenvalue weighted by molar-refractivity contribution is 5.83. The Bertz CT molecular complexity index is 1110. The number of carboxylic acid groups (broad SMARTS) is 1. The predicted octanol–water partition coefficient (Wildman–Crippen LogP) is 5.16. The minimum absolute atomic E-state index is 0.346. The fourth-order valence-corrected chi connectivity index (χ4v) is 3.18. The Hall–Kier alpha value is -4.22.